The number of amides is 2. The van der Waals surface area contributed by atoms with Crippen LogP contribution in [-0.4, -0.2) is 84.1 Å². The van der Waals surface area contributed by atoms with E-state index in [1.54, 1.807) is 18.1 Å². The lowest BCUT2D eigenvalue weighted by molar-refractivity contribution is -0.151. The number of hydrogen-bond donors (Lipinski definition) is 0. The maximum absolute atomic E-state index is 12.6. The van der Waals surface area contributed by atoms with Crippen molar-refractivity contribution < 1.29 is 32.2 Å². The summed E-state index contributed by atoms with van der Waals surface area (Å²) in [6, 6.07) is 0. The quantitative estimate of drug-likeness (QED) is 0.345. The Labute approximate surface area is 223 Å². The average Bonchev–Trinajstić information content (AvgIpc) is 3.01. The molecule has 0 N–H and O–H groups in total. The minimum atomic E-state index is -4.58. The number of ether oxygens (including phenoxy) is 2. The molecule has 0 radical (unpaired) electrons. The summed E-state index contributed by atoms with van der Waals surface area (Å²) in [4.78, 5) is 32.9. The van der Waals surface area contributed by atoms with Crippen molar-refractivity contribution in [3.05, 3.63) is 48.0 Å². The lowest BCUT2D eigenvalue weighted by Gasteiger charge is -2.32. The number of aliphatic imine (C=N–C) groups is 1. The van der Waals surface area contributed by atoms with Crippen molar-refractivity contribution in [3.8, 4) is 0 Å². The first kappa shape index (κ1) is 31.0. The number of alkyl halides is 3. The summed E-state index contributed by atoms with van der Waals surface area (Å²) in [5.41, 5.74) is 0.412. The molecular weight excluding hydrogens is 501 g/mol. The minimum absolute atomic E-state index is 0.251. The molecule has 0 aromatic heterocycles. The van der Waals surface area contributed by atoms with Crippen molar-refractivity contribution in [1.82, 2.24) is 14.7 Å². The van der Waals surface area contributed by atoms with Crippen LogP contribution in [0.25, 0.3) is 0 Å². The van der Waals surface area contributed by atoms with Crippen LogP contribution in [-0.2, 0) is 14.3 Å². The highest BCUT2D eigenvalue weighted by atomic mass is 19.4. The fourth-order valence-corrected chi connectivity index (χ4v) is 3.65. The summed E-state index contributed by atoms with van der Waals surface area (Å²) in [6.45, 7) is 9.68. The van der Waals surface area contributed by atoms with E-state index in [-0.39, 0.29) is 12.6 Å². The first-order valence-corrected chi connectivity index (χ1v) is 12.8. The molecule has 2 rings (SSSR count). The fourth-order valence-electron chi connectivity index (χ4n) is 3.65. The molecular formula is C27H39F3N4O4. The number of nitrogens with zero attached hydrogens (tertiary/aromatic N) is 4. The molecule has 212 valence electrons. The van der Waals surface area contributed by atoms with E-state index in [9.17, 15) is 22.8 Å². The molecule has 2 aliphatic rings. The van der Waals surface area contributed by atoms with Crippen LogP contribution in [0, 0.1) is 0 Å². The Hall–Kier alpha value is -3.24. The standard InChI is InChI=1S/C27H39F3N4O4/c1-6-13-34-16-15-33(20-23(34)31-24(35)18-27(28,29)30)14-8-17-37-22-10-7-9-21(11-12-22)19-32(5)25(36)38-26(2,3)4/h9-12,15-16H,6-8,13-14,17-20H2,1-5H3/b31-23+. The largest absolute Gasteiger partial charge is 0.494 e. The topological polar surface area (TPSA) is 74.7 Å². The van der Waals surface area contributed by atoms with Crippen molar-refractivity contribution >= 4 is 17.8 Å². The molecule has 8 nitrogen and oxygen atoms in total. The van der Waals surface area contributed by atoms with Gasteiger partial charge in [0.15, 0.2) is 0 Å². The van der Waals surface area contributed by atoms with E-state index in [2.05, 4.69) is 4.99 Å². The third-order valence-electron chi connectivity index (χ3n) is 5.35. The van der Waals surface area contributed by atoms with Crippen LogP contribution in [0.3, 0.4) is 0 Å². The molecule has 0 bridgehead atoms. The summed E-state index contributed by atoms with van der Waals surface area (Å²) in [6.07, 6.45) is 6.91. The zero-order valence-corrected chi connectivity index (χ0v) is 22.9. The van der Waals surface area contributed by atoms with Crippen LogP contribution in [0.15, 0.2) is 53.0 Å². The smallest absolute Gasteiger partial charge is 0.410 e. The van der Waals surface area contributed by atoms with E-state index in [1.807, 2.05) is 63.1 Å². The second kappa shape index (κ2) is 14.1. The van der Waals surface area contributed by atoms with Gasteiger partial charge in [-0.05, 0) is 57.8 Å². The molecule has 1 aliphatic carbocycles. The highest BCUT2D eigenvalue weighted by molar-refractivity contribution is 5.96. The summed E-state index contributed by atoms with van der Waals surface area (Å²) >= 11 is 0. The van der Waals surface area contributed by atoms with Crippen LogP contribution >= 0.6 is 0 Å². The maximum Gasteiger partial charge on any atom is 0.410 e. The van der Waals surface area contributed by atoms with Crippen molar-refractivity contribution in [2.24, 2.45) is 4.99 Å². The molecule has 0 spiro atoms. The average molecular weight is 541 g/mol. The summed E-state index contributed by atoms with van der Waals surface area (Å²) in [5.74, 6) is -0.155. The Morgan fingerprint density at radius 2 is 1.84 bits per heavy atom. The Morgan fingerprint density at radius 3 is 2.50 bits per heavy atom. The van der Waals surface area contributed by atoms with Gasteiger partial charge in [-0.25, -0.2) is 4.79 Å². The van der Waals surface area contributed by atoms with E-state index in [1.165, 1.54) is 4.90 Å². The number of rotatable bonds is 10. The molecule has 0 saturated carbocycles. The first-order valence-electron chi connectivity index (χ1n) is 12.8. The molecule has 38 heavy (non-hydrogen) atoms. The van der Waals surface area contributed by atoms with Crippen LogP contribution in [0.1, 0.15) is 53.4 Å². The normalized spacial score (nSPS) is 17.2. The van der Waals surface area contributed by atoms with E-state index in [0.29, 0.717) is 44.9 Å². The molecule has 11 heteroatoms. The van der Waals surface area contributed by atoms with Crippen LogP contribution < -0.4 is 0 Å². The third kappa shape index (κ3) is 11.9. The second-order valence-electron chi connectivity index (χ2n) is 10.2. The monoisotopic (exact) mass is 540 g/mol. The van der Waals surface area contributed by atoms with E-state index in [4.69, 9.17) is 9.47 Å². The van der Waals surface area contributed by atoms with Gasteiger partial charge in [0.25, 0.3) is 5.91 Å². The third-order valence-corrected chi connectivity index (χ3v) is 5.35. The number of halogens is 3. The number of carbonyl (C=O) groups excluding carboxylic acids is 2. The zero-order valence-electron chi connectivity index (χ0n) is 22.9. The van der Waals surface area contributed by atoms with Crippen LogP contribution in [0.4, 0.5) is 18.0 Å². The van der Waals surface area contributed by atoms with Gasteiger partial charge in [-0.3, -0.25) is 4.79 Å². The Balaban J connectivity index is 1.82. The molecule has 0 aromatic rings. The van der Waals surface area contributed by atoms with Gasteiger partial charge >= 0.3 is 12.3 Å². The zero-order chi connectivity index (χ0) is 28.3. The summed E-state index contributed by atoms with van der Waals surface area (Å²) < 4.78 is 48.9. The van der Waals surface area contributed by atoms with E-state index >= 15 is 0 Å². The molecule has 2 amide bonds. The molecule has 0 atom stereocenters. The predicted molar refractivity (Wildman–Crippen MR) is 140 cm³/mol. The summed E-state index contributed by atoms with van der Waals surface area (Å²) in [5, 5.41) is 0. The number of amidine groups is 1. The lowest BCUT2D eigenvalue weighted by Crippen LogP contribution is -2.41. The Kier molecular flexibility index (Phi) is 11.5. The number of allylic oxidation sites excluding steroid dienone is 3. The van der Waals surface area contributed by atoms with Gasteiger partial charge < -0.3 is 24.2 Å². The summed E-state index contributed by atoms with van der Waals surface area (Å²) in [7, 11) is 1.69. The SMILES string of the molecule is CCCN1C=CN(CCCOC2=CCC=C(CN(C)C(=O)OC(C)(C)C)C=C2)C/C1=N\C(=O)CC(F)(F)F. The van der Waals surface area contributed by atoms with E-state index < -0.39 is 24.1 Å². The van der Waals surface area contributed by atoms with E-state index in [0.717, 1.165) is 17.8 Å². The highest BCUT2D eigenvalue weighted by Crippen LogP contribution is 2.20. The van der Waals surface area contributed by atoms with Gasteiger partial charge in [0.2, 0.25) is 0 Å². The van der Waals surface area contributed by atoms with Crippen molar-refractivity contribution in [2.45, 2.75) is 65.2 Å². The highest BCUT2D eigenvalue weighted by Gasteiger charge is 2.32. The van der Waals surface area contributed by atoms with Gasteiger partial charge in [0.1, 0.15) is 23.6 Å². The predicted octanol–water partition coefficient (Wildman–Crippen LogP) is 5.41. The van der Waals surface area contributed by atoms with Gasteiger partial charge in [-0.1, -0.05) is 19.1 Å². The van der Waals surface area contributed by atoms with Crippen LogP contribution in [0.5, 0.6) is 0 Å². The van der Waals surface area contributed by atoms with Gasteiger partial charge in [0.05, 0.1) is 13.2 Å². The second-order valence-corrected chi connectivity index (χ2v) is 10.2. The molecule has 0 fully saturated rings. The molecule has 0 unspecified atom stereocenters. The first-order chi connectivity index (χ1) is 17.8. The Bertz CT molecular complexity index is 978. The van der Waals surface area contributed by atoms with Gasteiger partial charge in [-0.2, -0.15) is 18.2 Å². The number of likely N-dealkylation sites (N-methyl/N-ethyl adjacent to an activating group) is 1. The van der Waals surface area contributed by atoms with Crippen LogP contribution in [0.2, 0.25) is 0 Å². The van der Waals surface area contributed by atoms with Gasteiger partial charge in [-0.15, -0.1) is 0 Å². The maximum atomic E-state index is 12.6. The number of carbonyl (C=O) groups is 2. The fraction of sp³-hybridized carbons (Fsp3) is 0.593. The molecule has 1 heterocycles. The molecule has 0 saturated heterocycles. The van der Waals surface area contributed by atoms with Crippen molar-refractivity contribution in [2.75, 3.05) is 39.8 Å². The van der Waals surface area contributed by atoms with Gasteiger partial charge in [0, 0.05) is 39.1 Å². The number of hydrogen-bond acceptors (Lipinski definition) is 5. The minimum Gasteiger partial charge on any atom is -0.494 e. The molecule has 1 aliphatic heterocycles. The Morgan fingerprint density at radius 1 is 1.11 bits per heavy atom. The molecule has 0 aromatic carbocycles. The lowest BCUT2D eigenvalue weighted by atomic mass is 10.2. The van der Waals surface area contributed by atoms with Crippen molar-refractivity contribution in [3.63, 3.8) is 0 Å². The van der Waals surface area contributed by atoms with Crippen molar-refractivity contribution in [1.29, 1.82) is 0 Å².